The molecule has 6 nitrogen and oxygen atoms in total. The molecule has 29 heavy (non-hydrogen) atoms. The number of thioether (sulfide) groups is 1. The fraction of sp³-hybridized carbons (Fsp3) is 0.591. The molecule has 0 aliphatic carbocycles. The lowest BCUT2D eigenvalue weighted by Gasteiger charge is -2.34. The maximum absolute atomic E-state index is 13.0. The van der Waals surface area contributed by atoms with Crippen molar-refractivity contribution in [1.82, 2.24) is 9.80 Å². The molecule has 1 aromatic rings. The average molecular weight is 417 g/mol. The van der Waals surface area contributed by atoms with Crippen LogP contribution in [-0.2, 0) is 24.0 Å². The van der Waals surface area contributed by atoms with E-state index in [-0.39, 0.29) is 11.8 Å². The molecule has 4 rings (SSSR count). The molecule has 3 fully saturated rings. The van der Waals surface area contributed by atoms with Crippen LogP contribution in [0.3, 0.4) is 0 Å². The van der Waals surface area contributed by atoms with E-state index in [0.29, 0.717) is 18.6 Å². The van der Waals surface area contributed by atoms with Crippen LogP contribution in [0.15, 0.2) is 30.3 Å². The summed E-state index contributed by atoms with van der Waals surface area (Å²) in [7, 11) is 0. The number of carbonyl (C=O) groups is 3. The van der Waals surface area contributed by atoms with E-state index in [1.165, 1.54) is 0 Å². The van der Waals surface area contributed by atoms with Crippen molar-refractivity contribution in [2.24, 2.45) is 0 Å². The molecule has 0 bridgehead atoms. The number of rotatable bonds is 4. The van der Waals surface area contributed by atoms with Crippen LogP contribution >= 0.6 is 11.8 Å². The highest BCUT2D eigenvalue weighted by molar-refractivity contribution is 8.00. The van der Waals surface area contributed by atoms with Crippen molar-refractivity contribution in [1.29, 1.82) is 0 Å². The summed E-state index contributed by atoms with van der Waals surface area (Å²) in [5, 5.41) is 0. The number of benzene rings is 1. The van der Waals surface area contributed by atoms with Gasteiger partial charge in [0.2, 0.25) is 5.91 Å². The third kappa shape index (κ3) is 3.77. The van der Waals surface area contributed by atoms with Crippen LogP contribution in [-0.4, -0.2) is 58.6 Å². The average Bonchev–Trinajstić information content (AvgIpc) is 3.15. The number of amides is 2. The molecule has 0 spiro atoms. The van der Waals surface area contributed by atoms with Crippen LogP contribution in [0.4, 0.5) is 0 Å². The topological polar surface area (TPSA) is 66.9 Å². The van der Waals surface area contributed by atoms with Crippen LogP contribution in [0.2, 0.25) is 0 Å². The van der Waals surface area contributed by atoms with Crippen LogP contribution in [0.5, 0.6) is 0 Å². The second-order valence-electron chi connectivity index (χ2n) is 8.06. The number of carbonyl (C=O) groups excluding carboxylic acids is 3. The Morgan fingerprint density at radius 1 is 1.14 bits per heavy atom. The third-order valence-electron chi connectivity index (χ3n) is 6.18. The van der Waals surface area contributed by atoms with Crippen molar-refractivity contribution in [3.8, 4) is 0 Å². The van der Waals surface area contributed by atoms with E-state index < -0.39 is 23.0 Å². The Morgan fingerprint density at radius 2 is 1.83 bits per heavy atom. The minimum absolute atomic E-state index is 0.0210. The lowest BCUT2D eigenvalue weighted by atomic mass is 10.0. The van der Waals surface area contributed by atoms with Gasteiger partial charge in [-0.3, -0.25) is 9.59 Å². The van der Waals surface area contributed by atoms with E-state index in [4.69, 9.17) is 4.74 Å². The molecule has 2 amide bonds. The van der Waals surface area contributed by atoms with Crippen LogP contribution < -0.4 is 0 Å². The number of hydrogen-bond acceptors (Lipinski definition) is 5. The number of ether oxygens (including phenoxy) is 1. The second kappa shape index (κ2) is 8.38. The minimum Gasteiger partial charge on any atom is -0.451 e. The molecule has 0 aromatic heterocycles. The molecule has 0 saturated carbocycles. The van der Waals surface area contributed by atoms with Gasteiger partial charge in [0.1, 0.15) is 10.9 Å². The summed E-state index contributed by atoms with van der Waals surface area (Å²) in [6.07, 6.45) is 4.54. The molecule has 3 saturated heterocycles. The number of esters is 1. The van der Waals surface area contributed by atoms with Crippen LogP contribution in [0.1, 0.15) is 51.0 Å². The maximum Gasteiger partial charge on any atom is 0.330 e. The zero-order chi connectivity index (χ0) is 20.4. The van der Waals surface area contributed by atoms with Gasteiger partial charge in [-0.05, 0) is 31.7 Å². The first-order chi connectivity index (χ1) is 14.0. The molecule has 3 heterocycles. The Kier molecular flexibility index (Phi) is 5.86. The Balaban J connectivity index is 1.46. The summed E-state index contributed by atoms with van der Waals surface area (Å²) in [5.74, 6) is -0.133. The van der Waals surface area contributed by atoms with Crippen LogP contribution in [0, 0.1) is 0 Å². The third-order valence-corrected chi connectivity index (χ3v) is 7.78. The highest BCUT2D eigenvalue weighted by Gasteiger charge is 2.57. The first kappa shape index (κ1) is 20.3. The molecule has 0 radical (unpaired) electrons. The molecule has 3 atom stereocenters. The standard InChI is InChI=1S/C22H28N2O4S/c1-16(20(26)23-13-7-2-3-8-14-23)28-21(27)18-15-29-22(12-11-19(25)24(18)22)17-9-5-4-6-10-17/h4-6,9-10,16,18H,2-3,7-8,11-15H2,1H3/t16-,18-,22+/m0/s1. The van der Waals surface area contributed by atoms with Gasteiger partial charge in [-0.15, -0.1) is 11.8 Å². The molecule has 1 aromatic carbocycles. The number of nitrogens with zero attached hydrogens (tertiary/aromatic N) is 2. The van der Waals surface area contributed by atoms with E-state index in [9.17, 15) is 14.4 Å². The molecule has 7 heteroatoms. The van der Waals surface area contributed by atoms with Gasteiger partial charge in [0.25, 0.3) is 5.91 Å². The fourth-order valence-electron chi connectivity index (χ4n) is 4.67. The van der Waals surface area contributed by atoms with E-state index >= 15 is 0 Å². The molecule has 3 aliphatic heterocycles. The van der Waals surface area contributed by atoms with Crippen LogP contribution in [0.25, 0.3) is 0 Å². The Bertz CT molecular complexity index is 778. The Labute approximate surface area is 175 Å². The molecule has 156 valence electrons. The Hall–Kier alpha value is -2.02. The quantitative estimate of drug-likeness (QED) is 0.706. The van der Waals surface area contributed by atoms with E-state index in [0.717, 1.165) is 44.3 Å². The van der Waals surface area contributed by atoms with Crippen molar-refractivity contribution in [3.63, 3.8) is 0 Å². The SMILES string of the molecule is C[C@H](OC(=O)[C@@H]1CS[C@@]2(c3ccccc3)CCC(=O)N12)C(=O)N1CCCCCC1. The highest BCUT2D eigenvalue weighted by atomic mass is 32.2. The van der Waals surface area contributed by atoms with Gasteiger partial charge in [0, 0.05) is 25.3 Å². The summed E-state index contributed by atoms with van der Waals surface area (Å²) in [6.45, 7) is 3.09. The first-order valence-electron chi connectivity index (χ1n) is 10.5. The van der Waals surface area contributed by atoms with E-state index in [1.54, 1.807) is 23.6 Å². The van der Waals surface area contributed by atoms with Gasteiger partial charge in [-0.1, -0.05) is 43.2 Å². The smallest absolute Gasteiger partial charge is 0.330 e. The maximum atomic E-state index is 13.0. The first-order valence-corrected chi connectivity index (χ1v) is 11.5. The van der Waals surface area contributed by atoms with Gasteiger partial charge in [0.05, 0.1) is 0 Å². The van der Waals surface area contributed by atoms with Crippen molar-refractivity contribution in [3.05, 3.63) is 35.9 Å². The lowest BCUT2D eigenvalue weighted by Crippen LogP contribution is -2.48. The largest absolute Gasteiger partial charge is 0.451 e. The summed E-state index contributed by atoms with van der Waals surface area (Å²) in [6, 6.07) is 9.24. The number of likely N-dealkylation sites (tertiary alicyclic amines) is 1. The van der Waals surface area contributed by atoms with Crippen molar-refractivity contribution >= 4 is 29.5 Å². The Morgan fingerprint density at radius 3 is 2.52 bits per heavy atom. The zero-order valence-electron chi connectivity index (χ0n) is 16.8. The minimum atomic E-state index is -0.824. The second-order valence-corrected chi connectivity index (χ2v) is 9.36. The van der Waals surface area contributed by atoms with Crippen molar-refractivity contribution in [2.45, 2.75) is 62.5 Å². The molecular formula is C22H28N2O4S. The summed E-state index contributed by atoms with van der Waals surface area (Å²) in [5.41, 5.74) is 1.04. The zero-order valence-corrected chi connectivity index (χ0v) is 17.7. The highest BCUT2D eigenvalue weighted by Crippen LogP contribution is 2.54. The fourth-order valence-corrected chi connectivity index (χ4v) is 6.30. The monoisotopic (exact) mass is 416 g/mol. The summed E-state index contributed by atoms with van der Waals surface area (Å²) >= 11 is 1.63. The lowest BCUT2D eigenvalue weighted by molar-refractivity contribution is -0.164. The normalized spacial score (nSPS) is 28.0. The van der Waals surface area contributed by atoms with Gasteiger partial charge >= 0.3 is 5.97 Å². The predicted octanol–water partition coefficient (Wildman–Crippen LogP) is 2.91. The van der Waals surface area contributed by atoms with Gasteiger partial charge in [-0.2, -0.15) is 0 Å². The van der Waals surface area contributed by atoms with Gasteiger partial charge < -0.3 is 14.5 Å². The predicted molar refractivity (Wildman–Crippen MR) is 111 cm³/mol. The molecule has 0 unspecified atom stereocenters. The summed E-state index contributed by atoms with van der Waals surface area (Å²) in [4.78, 5) is 41.4. The summed E-state index contributed by atoms with van der Waals surface area (Å²) < 4.78 is 5.59. The number of fused-ring (bicyclic) bond motifs is 1. The van der Waals surface area contributed by atoms with Gasteiger partial charge in [-0.25, -0.2) is 4.79 Å². The van der Waals surface area contributed by atoms with Gasteiger partial charge in [0.15, 0.2) is 6.10 Å². The van der Waals surface area contributed by atoms with Crippen molar-refractivity contribution < 1.29 is 19.1 Å². The van der Waals surface area contributed by atoms with E-state index in [2.05, 4.69) is 0 Å². The molecule has 0 N–H and O–H groups in total. The molecule has 3 aliphatic rings. The van der Waals surface area contributed by atoms with Crippen molar-refractivity contribution in [2.75, 3.05) is 18.8 Å². The molecular weight excluding hydrogens is 388 g/mol. The van der Waals surface area contributed by atoms with E-state index in [1.807, 2.05) is 35.2 Å². The number of hydrogen-bond donors (Lipinski definition) is 0.